The summed E-state index contributed by atoms with van der Waals surface area (Å²) < 4.78 is 12.6. The number of rotatable bonds is 1. The van der Waals surface area contributed by atoms with Crippen LogP contribution in [0.1, 0.15) is 33.6 Å². The molecule has 4 heteroatoms. The lowest BCUT2D eigenvalue weighted by atomic mass is 9.81. The van der Waals surface area contributed by atoms with Gasteiger partial charge in [-0.1, -0.05) is 19.9 Å². The summed E-state index contributed by atoms with van der Waals surface area (Å²) >= 11 is 1.71. The molecule has 1 aliphatic heterocycles. The molecule has 4 atom stereocenters. The Labute approximate surface area is 113 Å². The molecule has 0 amide bonds. The van der Waals surface area contributed by atoms with Gasteiger partial charge in [0.15, 0.2) is 0 Å². The third-order valence-corrected chi connectivity index (χ3v) is 6.21. The molecule has 2 nitrogen and oxygen atoms in total. The van der Waals surface area contributed by atoms with Gasteiger partial charge >= 0.3 is 7.12 Å². The van der Waals surface area contributed by atoms with Crippen molar-refractivity contribution in [1.82, 2.24) is 0 Å². The van der Waals surface area contributed by atoms with Crippen LogP contribution in [0.25, 0.3) is 0 Å². The van der Waals surface area contributed by atoms with E-state index in [1.807, 2.05) is 0 Å². The Morgan fingerprint density at radius 2 is 2.17 bits per heavy atom. The van der Waals surface area contributed by atoms with E-state index < -0.39 is 0 Å². The van der Waals surface area contributed by atoms with Gasteiger partial charge in [0.25, 0.3) is 0 Å². The highest BCUT2D eigenvalue weighted by molar-refractivity contribution is 7.09. The Bertz CT molecular complexity index is 472. The minimum absolute atomic E-state index is 0.0704. The van der Waals surface area contributed by atoms with Crippen LogP contribution in [0.2, 0.25) is 0 Å². The fraction of sp³-hybridized carbons (Fsp3) is 0.714. The summed E-state index contributed by atoms with van der Waals surface area (Å²) in [7, 11) is -0.138. The summed E-state index contributed by atoms with van der Waals surface area (Å²) in [6, 6.07) is 2.12. The highest BCUT2D eigenvalue weighted by Crippen LogP contribution is 2.70. The maximum atomic E-state index is 6.37. The summed E-state index contributed by atoms with van der Waals surface area (Å²) in [6.45, 7) is 7.05. The first-order chi connectivity index (χ1) is 8.53. The molecule has 2 saturated carbocycles. The molecule has 3 fully saturated rings. The van der Waals surface area contributed by atoms with Gasteiger partial charge in [-0.25, -0.2) is 0 Å². The van der Waals surface area contributed by atoms with E-state index in [2.05, 4.69) is 37.6 Å². The first-order valence-electron chi connectivity index (χ1n) is 6.89. The van der Waals surface area contributed by atoms with Crippen LogP contribution in [-0.4, -0.2) is 18.8 Å². The van der Waals surface area contributed by atoms with Crippen LogP contribution in [0.4, 0.5) is 0 Å². The van der Waals surface area contributed by atoms with Gasteiger partial charge in [-0.2, -0.15) is 11.3 Å². The summed E-state index contributed by atoms with van der Waals surface area (Å²) in [5, 5.41) is 4.23. The van der Waals surface area contributed by atoms with E-state index in [-0.39, 0.29) is 18.8 Å². The van der Waals surface area contributed by atoms with Gasteiger partial charge in [-0.05, 0) is 53.2 Å². The Morgan fingerprint density at radius 1 is 1.33 bits per heavy atom. The first-order valence-corrected chi connectivity index (χ1v) is 7.83. The number of hydrogen-bond acceptors (Lipinski definition) is 3. The number of fused-ring (bicyclic) bond motifs is 3. The molecule has 0 unspecified atom stereocenters. The van der Waals surface area contributed by atoms with Crippen LogP contribution < -0.4 is 5.46 Å². The Balaban J connectivity index is 1.64. The van der Waals surface area contributed by atoms with Crippen molar-refractivity contribution < 1.29 is 9.31 Å². The highest BCUT2D eigenvalue weighted by Gasteiger charge is 2.72. The van der Waals surface area contributed by atoms with Crippen LogP contribution in [0.5, 0.6) is 0 Å². The van der Waals surface area contributed by atoms with Crippen molar-refractivity contribution in [2.45, 2.75) is 45.3 Å². The lowest BCUT2D eigenvalue weighted by molar-refractivity contribution is 0.000212. The molecule has 0 N–H and O–H groups in total. The number of hydrogen-bond donors (Lipinski definition) is 0. The summed E-state index contributed by atoms with van der Waals surface area (Å²) in [5.41, 5.74) is 1.56. The minimum Gasteiger partial charge on any atom is -0.401 e. The van der Waals surface area contributed by atoms with Crippen molar-refractivity contribution in [3.8, 4) is 0 Å². The minimum atomic E-state index is -0.138. The zero-order chi connectivity index (χ0) is 12.5. The van der Waals surface area contributed by atoms with Crippen LogP contribution in [0, 0.1) is 17.3 Å². The Hall–Kier alpha value is -0.315. The quantitative estimate of drug-likeness (QED) is 0.724. The second-order valence-corrected chi connectivity index (χ2v) is 7.58. The van der Waals surface area contributed by atoms with Crippen LogP contribution in [0.15, 0.2) is 16.8 Å². The Kier molecular flexibility index (Phi) is 2.18. The van der Waals surface area contributed by atoms with E-state index in [0.717, 1.165) is 12.3 Å². The van der Waals surface area contributed by atoms with Gasteiger partial charge in [-0.15, -0.1) is 0 Å². The lowest BCUT2D eigenvalue weighted by Crippen LogP contribution is -2.43. The highest BCUT2D eigenvalue weighted by atomic mass is 32.1. The molecule has 1 saturated heterocycles. The maximum Gasteiger partial charge on any atom is 0.495 e. The maximum absolute atomic E-state index is 6.37. The second kappa shape index (κ2) is 3.41. The Morgan fingerprint density at radius 3 is 2.89 bits per heavy atom. The fourth-order valence-electron chi connectivity index (χ4n) is 4.55. The van der Waals surface area contributed by atoms with Gasteiger partial charge in [0.2, 0.25) is 0 Å². The van der Waals surface area contributed by atoms with Crippen molar-refractivity contribution in [3.05, 3.63) is 16.8 Å². The van der Waals surface area contributed by atoms with E-state index in [1.165, 1.54) is 11.9 Å². The van der Waals surface area contributed by atoms with Gasteiger partial charge in [-0.3, -0.25) is 0 Å². The topological polar surface area (TPSA) is 18.5 Å². The molecule has 1 aromatic rings. The largest absolute Gasteiger partial charge is 0.495 e. The standard InChI is InChI=1S/C14H19BO2S/c1-13(2)10-4-5-11-14(3,12(10)13)17-15(16-11)9-6-7-18-8-9/h6-8,10-12H,4-5H2,1-3H3/t10-,11+,12+,14-/m1/s1. The molecule has 18 heavy (non-hydrogen) atoms. The predicted octanol–water partition coefficient (Wildman–Crippen LogP) is 2.68. The molecule has 2 aliphatic carbocycles. The van der Waals surface area contributed by atoms with Crippen molar-refractivity contribution in [3.63, 3.8) is 0 Å². The van der Waals surface area contributed by atoms with E-state index in [4.69, 9.17) is 9.31 Å². The molecule has 0 bridgehead atoms. The smallest absolute Gasteiger partial charge is 0.401 e. The third kappa shape index (κ3) is 1.32. The monoisotopic (exact) mass is 262 g/mol. The van der Waals surface area contributed by atoms with Crippen LogP contribution in [-0.2, 0) is 9.31 Å². The van der Waals surface area contributed by atoms with Crippen molar-refractivity contribution in [2.24, 2.45) is 17.3 Å². The zero-order valence-electron chi connectivity index (χ0n) is 11.2. The first kappa shape index (κ1) is 11.5. The molecular formula is C14H19BO2S. The SMILES string of the molecule is CC1(C)[C@@H]2CC[C@@H]3OB(c4ccsc4)O[C@@]3(C)[C@@H]21. The van der Waals surface area contributed by atoms with Crippen LogP contribution in [0.3, 0.4) is 0 Å². The summed E-state index contributed by atoms with van der Waals surface area (Å²) in [4.78, 5) is 0. The summed E-state index contributed by atoms with van der Waals surface area (Å²) in [5.74, 6) is 1.51. The third-order valence-electron chi connectivity index (χ3n) is 5.51. The van der Waals surface area contributed by atoms with E-state index in [0.29, 0.717) is 11.3 Å². The fourth-order valence-corrected chi connectivity index (χ4v) is 5.22. The molecule has 4 rings (SSSR count). The van der Waals surface area contributed by atoms with Crippen LogP contribution >= 0.6 is 11.3 Å². The van der Waals surface area contributed by atoms with Crippen molar-refractivity contribution in [2.75, 3.05) is 0 Å². The summed E-state index contributed by atoms with van der Waals surface area (Å²) in [6.07, 6.45) is 2.74. The molecule has 3 aliphatic rings. The average Bonchev–Trinajstić information content (AvgIpc) is 2.77. The van der Waals surface area contributed by atoms with Gasteiger partial charge < -0.3 is 9.31 Å². The average molecular weight is 262 g/mol. The van der Waals surface area contributed by atoms with Gasteiger partial charge in [0.1, 0.15) is 0 Å². The second-order valence-electron chi connectivity index (χ2n) is 6.80. The van der Waals surface area contributed by atoms with Crippen molar-refractivity contribution >= 4 is 23.9 Å². The predicted molar refractivity (Wildman–Crippen MR) is 74.1 cm³/mol. The van der Waals surface area contributed by atoms with Crippen molar-refractivity contribution in [1.29, 1.82) is 0 Å². The van der Waals surface area contributed by atoms with E-state index >= 15 is 0 Å². The molecule has 2 heterocycles. The zero-order valence-corrected chi connectivity index (χ0v) is 12.0. The molecule has 0 radical (unpaired) electrons. The van der Waals surface area contributed by atoms with Gasteiger partial charge in [0.05, 0.1) is 11.7 Å². The molecule has 1 aromatic heterocycles. The molecule has 0 aromatic carbocycles. The van der Waals surface area contributed by atoms with Gasteiger partial charge in [0, 0.05) is 0 Å². The molecule has 0 spiro atoms. The lowest BCUT2D eigenvalue weighted by Gasteiger charge is -2.34. The molecule has 96 valence electrons. The van der Waals surface area contributed by atoms with E-state index in [1.54, 1.807) is 11.3 Å². The normalized spacial score (nSPS) is 44.6. The number of thiophene rings is 1. The molecular weight excluding hydrogens is 243 g/mol. The van der Waals surface area contributed by atoms with E-state index in [9.17, 15) is 0 Å².